The Bertz CT molecular complexity index is 1390. The lowest BCUT2D eigenvalue weighted by molar-refractivity contribution is -0.135. The minimum absolute atomic E-state index is 0.142. The van der Waals surface area contributed by atoms with Crippen LogP contribution in [0.15, 0.2) is 60.8 Å². The van der Waals surface area contributed by atoms with Gasteiger partial charge in [0.15, 0.2) is 0 Å². The molecule has 1 amide bonds. The molecule has 35 heavy (non-hydrogen) atoms. The van der Waals surface area contributed by atoms with E-state index >= 15 is 0 Å². The van der Waals surface area contributed by atoms with E-state index in [0.717, 1.165) is 52.5 Å². The molecule has 0 unspecified atom stereocenters. The number of H-pyrrole nitrogens is 1. The number of hydrogen-bond donors (Lipinski definition) is 1. The standard InChI is InChI=1S/C28H28N6O/c1-4-26(35)34-18(2)16-33(17-19(34)3)25-13-12-22(15-30-25)28-31-24-7-5-6-23(27(24)32-28)21-10-8-20(14-29)9-11-21/h5-13,15,18-19H,4,16-17H2,1-3H3,(H,31,32)/t18-,19+. The number of nitrogens with zero attached hydrogens (tertiary/aromatic N) is 5. The highest BCUT2D eigenvalue weighted by atomic mass is 16.2. The number of amides is 1. The van der Waals surface area contributed by atoms with E-state index in [2.05, 4.69) is 29.8 Å². The highest BCUT2D eigenvalue weighted by Crippen LogP contribution is 2.30. The molecule has 1 N–H and O–H groups in total. The van der Waals surface area contributed by atoms with Gasteiger partial charge in [-0.05, 0) is 49.7 Å². The normalized spacial score (nSPS) is 18.0. The van der Waals surface area contributed by atoms with E-state index in [1.54, 1.807) is 0 Å². The summed E-state index contributed by atoms with van der Waals surface area (Å²) in [4.78, 5) is 29.6. The van der Waals surface area contributed by atoms with Gasteiger partial charge >= 0.3 is 0 Å². The second kappa shape index (κ2) is 9.22. The summed E-state index contributed by atoms with van der Waals surface area (Å²) in [6.45, 7) is 7.65. The van der Waals surface area contributed by atoms with Gasteiger partial charge in [-0.25, -0.2) is 9.97 Å². The molecule has 4 aromatic rings. The van der Waals surface area contributed by atoms with Crippen LogP contribution in [-0.2, 0) is 4.79 Å². The lowest BCUT2D eigenvalue weighted by Crippen LogP contribution is -2.58. The molecule has 2 atom stereocenters. The second-order valence-corrected chi connectivity index (χ2v) is 9.14. The van der Waals surface area contributed by atoms with Crippen molar-refractivity contribution in [3.05, 3.63) is 66.4 Å². The molecule has 1 saturated heterocycles. The number of aromatic nitrogens is 3. The number of carbonyl (C=O) groups excluding carboxylic acids is 1. The van der Waals surface area contributed by atoms with Gasteiger partial charge < -0.3 is 14.8 Å². The van der Waals surface area contributed by atoms with Gasteiger partial charge in [0.05, 0.1) is 22.7 Å². The van der Waals surface area contributed by atoms with E-state index in [4.69, 9.17) is 15.2 Å². The average molecular weight is 465 g/mol. The fraction of sp³-hybridized carbons (Fsp3) is 0.286. The third-order valence-electron chi connectivity index (χ3n) is 6.69. The molecular weight excluding hydrogens is 436 g/mol. The van der Waals surface area contributed by atoms with Crippen molar-refractivity contribution in [2.75, 3.05) is 18.0 Å². The van der Waals surface area contributed by atoms with Gasteiger partial charge in [0.1, 0.15) is 11.6 Å². The van der Waals surface area contributed by atoms with E-state index in [9.17, 15) is 4.79 Å². The first-order valence-corrected chi connectivity index (χ1v) is 12.0. The molecule has 0 bridgehead atoms. The maximum Gasteiger partial charge on any atom is 0.222 e. The number of imidazole rings is 1. The molecule has 176 valence electrons. The van der Waals surface area contributed by atoms with Crippen molar-refractivity contribution < 1.29 is 4.79 Å². The number of para-hydroxylation sites is 1. The Balaban J connectivity index is 1.40. The van der Waals surface area contributed by atoms with E-state index < -0.39 is 0 Å². The number of nitrogens with one attached hydrogen (secondary N) is 1. The van der Waals surface area contributed by atoms with E-state index in [0.29, 0.717) is 12.0 Å². The maximum atomic E-state index is 12.3. The Morgan fingerprint density at radius 1 is 1.06 bits per heavy atom. The van der Waals surface area contributed by atoms with Crippen molar-refractivity contribution in [1.29, 1.82) is 5.26 Å². The summed E-state index contributed by atoms with van der Waals surface area (Å²) in [7, 11) is 0. The lowest BCUT2D eigenvalue weighted by Gasteiger charge is -2.45. The molecule has 1 aliphatic rings. The first-order valence-electron chi connectivity index (χ1n) is 12.0. The largest absolute Gasteiger partial charge is 0.353 e. The molecule has 3 heterocycles. The van der Waals surface area contributed by atoms with Crippen molar-refractivity contribution >= 4 is 22.8 Å². The van der Waals surface area contributed by atoms with Crippen LogP contribution in [0, 0.1) is 11.3 Å². The lowest BCUT2D eigenvalue weighted by atomic mass is 10.0. The predicted molar refractivity (Wildman–Crippen MR) is 138 cm³/mol. The average Bonchev–Trinajstić information content (AvgIpc) is 3.33. The van der Waals surface area contributed by atoms with Crippen LogP contribution in [0.4, 0.5) is 5.82 Å². The third-order valence-corrected chi connectivity index (χ3v) is 6.69. The molecule has 1 aliphatic heterocycles. The maximum absolute atomic E-state index is 12.3. The van der Waals surface area contributed by atoms with Crippen LogP contribution in [0.25, 0.3) is 33.5 Å². The van der Waals surface area contributed by atoms with E-state index in [-0.39, 0.29) is 18.0 Å². The summed E-state index contributed by atoms with van der Waals surface area (Å²) < 4.78 is 0. The molecule has 2 aromatic heterocycles. The minimum Gasteiger partial charge on any atom is -0.353 e. The summed E-state index contributed by atoms with van der Waals surface area (Å²) >= 11 is 0. The molecular formula is C28H28N6O. The zero-order valence-corrected chi connectivity index (χ0v) is 20.2. The summed E-state index contributed by atoms with van der Waals surface area (Å²) in [5.74, 6) is 1.88. The Labute approximate surface area is 205 Å². The van der Waals surface area contributed by atoms with Gasteiger partial charge in [-0.3, -0.25) is 4.79 Å². The summed E-state index contributed by atoms with van der Waals surface area (Å²) in [5, 5.41) is 9.08. The fourth-order valence-corrected chi connectivity index (χ4v) is 5.02. The smallest absolute Gasteiger partial charge is 0.222 e. The molecule has 7 heteroatoms. The van der Waals surface area contributed by atoms with Crippen LogP contribution >= 0.6 is 0 Å². The molecule has 2 aromatic carbocycles. The van der Waals surface area contributed by atoms with Gasteiger partial charge in [-0.2, -0.15) is 5.26 Å². The quantitative estimate of drug-likeness (QED) is 0.459. The monoisotopic (exact) mass is 464 g/mol. The first kappa shape index (κ1) is 22.6. The Kier molecular flexibility index (Phi) is 5.96. The Hall–Kier alpha value is -4.18. The number of rotatable bonds is 4. The van der Waals surface area contributed by atoms with Crippen LogP contribution in [0.5, 0.6) is 0 Å². The number of carbonyl (C=O) groups is 1. The van der Waals surface area contributed by atoms with Crippen molar-refractivity contribution in [3.8, 4) is 28.6 Å². The van der Waals surface area contributed by atoms with Gasteiger partial charge in [0.25, 0.3) is 0 Å². The second-order valence-electron chi connectivity index (χ2n) is 9.14. The zero-order chi connectivity index (χ0) is 24.5. The molecule has 0 aliphatic carbocycles. The molecule has 7 nitrogen and oxygen atoms in total. The fourth-order valence-electron chi connectivity index (χ4n) is 5.02. The molecule has 0 spiro atoms. The van der Waals surface area contributed by atoms with Crippen molar-refractivity contribution in [3.63, 3.8) is 0 Å². The van der Waals surface area contributed by atoms with Gasteiger partial charge in [-0.15, -0.1) is 0 Å². The highest BCUT2D eigenvalue weighted by molar-refractivity contribution is 5.93. The SMILES string of the molecule is CCC(=O)N1[C@H](C)CN(c2ccc(-c3nc4c(-c5ccc(C#N)cc5)cccc4[nH]3)cn2)C[C@@H]1C. The van der Waals surface area contributed by atoms with Crippen molar-refractivity contribution in [1.82, 2.24) is 19.9 Å². The van der Waals surface area contributed by atoms with Crippen molar-refractivity contribution in [2.24, 2.45) is 0 Å². The Morgan fingerprint density at radius 3 is 2.40 bits per heavy atom. The van der Waals surface area contributed by atoms with Crippen LogP contribution in [-0.4, -0.2) is 50.9 Å². The number of nitriles is 1. The summed E-state index contributed by atoms with van der Waals surface area (Å²) in [6.07, 6.45) is 2.39. The highest BCUT2D eigenvalue weighted by Gasteiger charge is 2.32. The van der Waals surface area contributed by atoms with Gasteiger partial charge in [-0.1, -0.05) is 31.2 Å². The van der Waals surface area contributed by atoms with Crippen LogP contribution in [0.2, 0.25) is 0 Å². The summed E-state index contributed by atoms with van der Waals surface area (Å²) in [6, 6.07) is 20.1. The number of pyridine rings is 1. The number of piperazine rings is 1. The van der Waals surface area contributed by atoms with E-state index in [1.165, 1.54) is 0 Å². The van der Waals surface area contributed by atoms with Gasteiger partial charge in [0, 0.05) is 48.9 Å². The van der Waals surface area contributed by atoms with Crippen LogP contribution in [0.3, 0.4) is 0 Å². The van der Waals surface area contributed by atoms with Gasteiger partial charge in [0.2, 0.25) is 5.91 Å². The number of benzene rings is 2. The number of hydrogen-bond acceptors (Lipinski definition) is 5. The number of aromatic amines is 1. The van der Waals surface area contributed by atoms with Crippen LogP contribution in [0.1, 0.15) is 32.8 Å². The third kappa shape index (κ3) is 4.24. The molecule has 0 saturated carbocycles. The Morgan fingerprint density at radius 2 is 1.77 bits per heavy atom. The molecule has 0 radical (unpaired) electrons. The topological polar surface area (TPSA) is 88.9 Å². The molecule has 5 rings (SSSR count). The van der Waals surface area contributed by atoms with Crippen molar-refractivity contribution in [2.45, 2.75) is 39.3 Å². The predicted octanol–water partition coefficient (Wildman–Crippen LogP) is 5.00. The van der Waals surface area contributed by atoms with Crippen LogP contribution < -0.4 is 4.90 Å². The number of anilines is 1. The summed E-state index contributed by atoms with van der Waals surface area (Å²) in [5.41, 5.74) is 5.42. The first-order chi connectivity index (χ1) is 17.0. The molecule has 1 fully saturated rings. The zero-order valence-electron chi connectivity index (χ0n) is 20.2. The number of fused-ring (bicyclic) bond motifs is 1. The minimum atomic E-state index is 0.142. The van der Waals surface area contributed by atoms with E-state index in [1.807, 2.05) is 72.6 Å².